The summed E-state index contributed by atoms with van der Waals surface area (Å²) in [7, 11) is 0. The zero-order valence-corrected chi connectivity index (χ0v) is 13.1. The fraction of sp³-hybridized carbons (Fsp3) is 0.400. The molecule has 0 atom stereocenters. The first-order valence-electron chi connectivity index (χ1n) is 7.32. The lowest BCUT2D eigenvalue weighted by Crippen LogP contribution is -2.32. The second-order valence-electron chi connectivity index (χ2n) is 5.35. The molecule has 2 aromatic heterocycles. The molecule has 0 saturated carbocycles. The summed E-state index contributed by atoms with van der Waals surface area (Å²) in [5.74, 6) is -0.424. The van der Waals surface area contributed by atoms with Gasteiger partial charge < -0.3 is 10.6 Å². The molecule has 3 heterocycles. The zero-order valence-electron chi connectivity index (χ0n) is 12.3. The number of pyridine rings is 1. The SMILES string of the molecule is NC(=O)c1cnccc1N1CCCN(Cc2cscn2)CC1. The molecule has 1 aliphatic heterocycles. The molecular weight excluding hydrogens is 298 g/mol. The summed E-state index contributed by atoms with van der Waals surface area (Å²) in [5, 5.41) is 2.09. The number of carbonyl (C=O) groups is 1. The molecule has 7 heteroatoms. The fourth-order valence-corrected chi connectivity index (χ4v) is 3.32. The summed E-state index contributed by atoms with van der Waals surface area (Å²) in [5.41, 5.74) is 9.83. The van der Waals surface area contributed by atoms with Crippen LogP contribution in [0.15, 0.2) is 29.4 Å². The van der Waals surface area contributed by atoms with E-state index in [0.717, 1.165) is 50.5 Å². The maximum absolute atomic E-state index is 11.6. The third-order valence-electron chi connectivity index (χ3n) is 3.86. The summed E-state index contributed by atoms with van der Waals surface area (Å²) in [6.07, 6.45) is 4.31. The molecule has 22 heavy (non-hydrogen) atoms. The van der Waals surface area contributed by atoms with Gasteiger partial charge in [0.1, 0.15) is 0 Å². The van der Waals surface area contributed by atoms with E-state index in [0.29, 0.717) is 5.56 Å². The summed E-state index contributed by atoms with van der Waals surface area (Å²) in [4.78, 5) is 24.5. The Morgan fingerprint density at radius 2 is 2.23 bits per heavy atom. The number of hydrogen-bond acceptors (Lipinski definition) is 6. The summed E-state index contributed by atoms with van der Waals surface area (Å²) in [6, 6.07) is 1.87. The van der Waals surface area contributed by atoms with Crippen molar-refractivity contribution >= 4 is 22.9 Å². The molecule has 3 rings (SSSR count). The lowest BCUT2D eigenvalue weighted by Gasteiger charge is -2.24. The van der Waals surface area contributed by atoms with Crippen molar-refractivity contribution in [2.24, 2.45) is 5.73 Å². The number of rotatable bonds is 4. The van der Waals surface area contributed by atoms with Crippen LogP contribution < -0.4 is 10.6 Å². The van der Waals surface area contributed by atoms with Crippen molar-refractivity contribution in [1.82, 2.24) is 14.9 Å². The Morgan fingerprint density at radius 1 is 1.32 bits per heavy atom. The molecule has 1 aliphatic rings. The van der Waals surface area contributed by atoms with Gasteiger partial charge in [0.05, 0.1) is 22.5 Å². The minimum absolute atomic E-state index is 0.424. The van der Waals surface area contributed by atoms with Gasteiger partial charge >= 0.3 is 0 Å². The normalized spacial score (nSPS) is 16.5. The predicted octanol–water partition coefficient (Wildman–Crippen LogP) is 1.35. The average Bonchev–Trinajstić information content (AvgIpc) is 2.92. The van der Waals surface area contributed by atoms with Crippen LogP contribution in [0.3, 0.4) is 0 Å². The molecule has 1 saturated heterocycles. The van der Waals surface area contributed by atoms with Crippen molar-refractivity contribution in [3.63, 3.8) is 0 Å². The standard InChI is InChI=1S/C15H19N5OS/c16-15(21)13-8-17-3-2-14(13)20-5-1-4-19(6-7-20)9-12-10-22-11-18-12/h2-3,8,10-11H,1,4-7,9H2,(H2,16,21). The van der Waals surface area contributed by atoms with E-state index in [4.69, 9.17) is 5.73 Å². The van der Waals surface area contributed by atoms with Gasteiger partial charge in [-0.15, -0.1) is 11.3 Å². The predicted molar refractivity (Wildman–Crippen MR) is 87.0 cm³/mol. The van der Waals surface area contributed by atoms with Crippen molar-refractivity contribution in [2.75, 3.05) is 31.1 Å². The van der Waals surface area contributed by atoms with E-state index in [1.54, 1.807) is 23.7 Å². The van der Waals surface area contributed by atoms with E-state index in [-0.39, 0.29) is 0 Å². The van der Waals surface area contributed by atoms with Crippen LogP contribution >= 0.6 is 11.3 Å². The van der Waals surface area contributed by atoms with Gasteiger partial charge in [-0.1, -0.05) is 0 Å². The summed E-state index contributed by atoms with van der Waals surface area (Å²) < 4.78 is 0. The number of anilines is 1. The van der Waals surface area contributed by atoms with Crippen LogP contribution in [-0.2, 0) is 6.54 Å². The van der Waals surface area contributed by atoms with Crippen molar-refractivity contribution in [2.45, 2.75) is 13.0 Å². The molecule has 2 N–H and O–H groups in total. The number of nitrogens with two attached hydrogens (primary N) is 1. The third kappa shape index (κ3) is 3.42. The van der Waals surface area contributed by atoms with Gasteiger partial charge in [-0.05, 0) is 12.5 Å². The molecule has 0 aromatic carbocycles. The maximum atomic E-state index is 11.6. The average molecular weight is 317 g/mol. The second-order valence-corrected chi connectivity index (χ2v) is 6.07. The molecule has 2 aromatic rings. The number of hydrogen-bond donors (Lipinski definition) is 1. The van der Waals surface area contributed by atoms with Crippen molar-refractivity contribution in [1.29, 1.82) is 0 Å². The van der Waals surface area contributed by atoms with E-state index in [9.17, 15) is 4.79 Å². The Labute approximate surface area is 133 Å². The van der Waals surface area contributed by atoms with Gasteiger partial charge in [0.2, 0.25) is 0 Å². The molecule has 0 unspecified atom stereocenters. The Hall–Kier alpha value is -1.99. The van der Waals surface area contributed by atoms with Gasteiger partial charge in [0, 0.05) is 50.5 Å². The summed E-state index contributed by atoms with van der Waals surface area (Å²) >= 11 is 1.63. The molecular formula is C15H19N5OS. The van der Waals surface area contributed by atoms with Crippen LogP contribution in [-0.4, -0.2) is 47.0 Å². The molecule has 6 nitrogen and oxygen atoms in total. The van der Waals surface area contributed by atoms with Gasteiger partial charge in [-0.3, -0.25) is 14.7 Å². The number of primary amides is 1. The van der Waals surface area contributed by atoms with Crippen LogP contribution in [0.4, 0.5) is 5.69 Å². The summed E-state index contributed by atoms with van der Waals surface area (Å²) in [6.45, 7) is 4.64. The van der Waals surface area contributed by atoms with Crippen LogP contribution in [0, 0.1) is 0 Å². The van der Waals surface area contributed by atoms with Gasteiger partial charge in [-0.2, -0.15) is 0 Å². The highest BCUT2D eigenvalue weighted by molar-refractivity contribution is 7.07. The minimum atomic E-state index is -0.424. The van der Waals surface area contributed by atoms with Crippen molar-refractivity contribution in [3.05, 3.63) is 40.6 Å². The quantitative estimate of drug-likeness (QED) is 0.921. The van der Waals surface area contributed by atoms with E-state index in [2.05, 4.69) is 25.1 Å². The molecule has 0 radical (unpaired) electrons. The van der Waals surface area contributed by atoms with E-state index >= 15 is 0 Å². The molecule has 0 aliphatic carbocycles. The highest BCUT2D eigenvalue weighted by atomic mass is 32.1. The first-order valence-corrected chi connectivity index (χ1v) is 8.26. The van der Waals surface area contributed by atoms with E-state index < -0.39 is 5.91 Å². The first kappa shape index (κ1) is 14.9. The number of amides is 1. The number of thiazole rings is 1. The smallest absolute Gasteiger partial charge is 0.252 e. The number of nitrogens with zero attached hydrogens (tertiary/aromatic N) is 4. The number of aromatic nitrogens is 2. The molecule has 1 amide bonds. The molecule has 116 valence electrons. The second kappa shape index (κ2) is 6.85. The topological polar surface area (TPSA) is 75.4 Å². The van der Waals surface area contributed by atoms with Gasteiger partial charge in [0.25, 0.3) is 5.91 Å². The van der Waals surface area contributed by atoms with Gasteiger partial charge in [0.15, 0.2) is 0 Å². The first-order chi connectivity index (χ1) is 10.7. The lowest BCUT2D eigenvalue weighted by atomic mass is 10.2. The third-order valence-corrected chi connectivity index (χ3v) is 4.50. The van der Waals surface area contributed by atoms with Crippen molar-refractivity contribution < 1.29 is 4.79 Å². The largest absolute Gasteiger partial charge is 0.369 e. The highest BCUT2D eigenvalue weighted by Crippen LogP contribution is 2.21. The Kier molecular flexibility index (Phi) is 4.65. The Morgan fingerprint density at radius 3 is 3.00 bits per heavy atom. The van der Waals surface area contributed by atoms with Crippen LogP contribution in [0.2, 0.25) is 0 Å². The highest BCUT2D eigenvalue weighted by Gasteiger charge is 2.19. The lowest BCUT2D eigenvalue weighted by molar-refractivity contribution is 0.100. The Bertz CT molecular complexity index is 631. The maximum Gasteiger partial charge on any atom is 0.252 e. The molecule has 1 fully saturated rings. The van der Waals surface area contributed by atoms with Crippen LogP contribution in [0.5, 0.6) is 0 Å². The van der Waals surface area contributed by atoms with Crippen molar-refractivity contribution in [3.8, 4) is 0 Å². The Balaban J connectivity index is 1.69. The monoisotopic (exact) mass is 317 g/mol. The zero-order chi connectivity index (χ0) is 15.4. The molecule has 0 bridgehead atoms. The van der Waals surface area contributed by atoms with Gasteiger partial charge in [-0.25, -0.2) is 4.98 Å². The van der Waals surface area contributed by atoms with E-state index in [1.165, 1.54) is 0 Å². The van der Waals surface area contributed by atoms with E-state index in [1.807, 2.05) is 11.6 Å². The molecule has 0 spiro atoms. The number of carbonyl (C=O) groups excluding carboxylic acids is 1. The minimum Gasteiger partial charge on any atom is -0.369 e. The van der Waals surface area contributed by atoms with Crippen LogP contribution in [0.25, 0.3) is 0 Å². The van der Waals surface area contributed by atoms with Crippen LogP contribution in [0.1, 0.15) is 22.5 Å². The fourth-order valence-electron chi connectivity index (χ4n) is 2.77.